The number of nitrogens with zero attached hydrogens (tertiary/aromatic N) is 2. The second kappa shape index (κ2) is 5.58. The van der Waals surface area contributed by atoms with Crippen LogP contribution in [0.15, 0.2) is 10.9 Å². The van der Waals surface area contributed by atoms with E-state index in [4.69, 9.17) is 4.74 Å². The molecule has 128 valence electrons. The molecule has 1 amide bonds. The molecule has 0 radical (unpaired) electrons. The van der Waals surface area contributed by atoms with Crippen molar-refractivity contribution in [2.45, 2.75) is 59.1 Å². The van der Waals surface area contributed by atoms with E-state index in [1.165, 1.54) is 11.0 Å². The Morgan fingerprint density at radius 2 is 1.87 bits per heavy atom. The predicted octanol–water partition coefficient (Wildman–Crippen LogP) is 2.97. The number of alkyl halides is 3. The number of hydrogen-bond acceptors (Lipinski definition) is 3. The number of halogens is 3. The first kappa shape index (κ1) is 17.4. The zero-order chi connectivity index (χ0) is 17.6. The first-order chi connectivity index (χ1) is 10.4. The van der Waals surface area contributed by atoms with Crippen molar-refractivity contribution >= 4 is 6.09 Å². The van der Waals surface area contributed by atoms with Gasteiger partial charge in [-0.15, -0.1) is 0 Å². The summed E-state index contributed by atoms with van der Waals surface area (Å²) in [4.78, 5) is 25.3. The van der Waals surface area contributed by atoms with Crippen molar-refractivity contribution in [2.75, 3.05) is 0 Å². The molecule has 2 rings (SSSR count). The van der Waals surface area contributed by atoms with Crippen LogP contribution in [0.2, 0.25) is 0 Å². The number of carbonyl (C=O) groups excluding carboxylic acids is 1. The molecule has 5 nitrogen and oxygen atoms in total. The largest absolute Gasteiger partial charge is 0.444 e. The number of carbonyl (C=O) groups is 1. The summed E-state index contributed by atoms with van der Waals surface area (Å²) in [6.45, 7) is 5.47. The van der Waals surface area contributed by atoms with Gasteiger partial charge < -0.3 is 9.30 Å². The molecule has 0 fully saturated rings. The summed E-state index contributed by atoms with van der Waals surface area (Å²) < 4.78 is 44.0. The lowest BCUT2D eigenvalue weighted by Crippen LogP contribution is -2.34. The lowest BCUT2D eigenvalue weighted by molar-refractivity contribution is -0.141. The maximum absolute atomic E-state index is 12.7. The van der Waals surface area contributed by atoms with Crippen LogP contribution in [0.25, 0.3) is 0 Å². The van der Waals surface area contributed by atoms with Gasteiger partial charge in [-0.2, -0.15) is 13.2 Å². The smallest absolute Gasteiger partial charge is 0.410 e. The number of hydrogen-bond donors (Lipinski definition) is 0. The maximum atomic E-state index is 12.7. The van der Waals surface area contributed by atoms with Gasteiger partial charge in [0, 0.05) is 11.8 Å². The van der Waals surface area contributed by atoms with Crippen LogP contribution in [0, 0.1) is 6.92 Å². The summed E-state index contributed by atoms with van der Waals surface area (Å²) >= 11 is 0. The highest BCUT2D eigenvalue weighted by atomic mass is 19.4. The van der Waals surface area contributed by atoms with Gasteiger partial charge in [0.2, 0.25) is 0 Å². The molecule has 0 unspecified atom stereocenters. The van der Waals surface area contributed by atoms with E-state index < -0.39 is 30.0 Å². The quantitative estimate of drug-likeness (QED) is 0.794. The highest BCUT2D eigenvalue weighted by Gasteiger charge is 2.35. The summed E-state index contributed by atoms with van der Waals surface area (Å²) in [6, 6.07) is 1.17. The van der Waals surface area contributed by atoms with Crippen molar-refractivity contribution in [1.29, 1.82) is 0 Å². The van der Waals surface area contributed by atoms with E-state index in [0.717, 1.165) is 0 Å². The lowest BCUT2D eigenvalue weighted by atomic mass is 10.1. The molecule has 0 saturated carbocycles. The number of amides is 1. The topological polar surface area (TPSA) is 51.5 Å². The Kier molecular flexibility index (Phi) is 4.21. The second-order valence-electron chi connectivity index (χ2n) is 6.63. The van der Waals surface area contributed by atoms with E-state index in [2.05, 4.69) is 0 Å². The van der Waals surface area contributed by atoms with Crippen LogP contribution in [-0.2, 0) is 24.4 Å². The zero-order valence-electron chi connectivity index (χ0n) is 13.5. The van der Waals surface area contributed by atoms with Crippen LogP contribution in [0.3, 0.4) is 0 Å². The van der Waals surface area contributed by atoms with Gasteiger partial charge in [0.25, 0.3) is 5.56 Å². The van der Waals surface area contributed by atoms with E-state index in [1.807, 2.05) is 0 Å². The van der Waals surface area contributed by atoms with E-state index in [1.54, 1.807) is 27.7 Å². The molecule has 0 spiro atoms. The highest BCUT2D eigenvalue weighted by molar-refractivity contribution is 5.69. The minimum atomic E-state index is -4.51. The molecule has 1 aromatic heterocycles. The summed E-state index contributed by atoms with van der Waals surface area (Å²) in [7, 11) is 0. The Morgan fingerprint density at radius 1 is 1.26 bits per heavy atom. The highest BCUT2D eigenvalue weighted by Crippen LogP contribution is 2.28. The molecule has 2 heterocycles. The minimum Gasteiger partial charge on any atom is -0.444 e. The summed E-state index contributed by atoms with van der Waals surface area (Å²) in [5.74, 6) is 0. The third-order valence-electron chi connectivity index (χ3n) is 3.43. The lowest BCUT2D eigenvalue weighted by Gasteiger charge is -2.24. The summed E-state index contributed by atoms with van der Waals surface area (Å²) in [6.07, 6.45) is -5.12. The molecule has 1 aliphatic rings. The van der Waals surface area contributed by atoms with Gasteiger partial charge in [0.1, 0.15) is 12.1 Å². The van der Waals surface area contributed by atoms with Gasteiger partial charge in [-0.05, 0) is 38.8 Å². The van der Waals surface area contributed by atoms with Gasteiger partial charge in [-0.25, -0.2) is 4.79 Å². The Bertz CT molecular complexity index is 687. The van der Waals surface area contributed by atoms with E-state index >= 15 is 0 Å². The van der Waals surface area contributed by atoms with Crippen molar-refractivity contribution in [2.24, 2.45) is 0 Å². The zero-order valence-corrected chi connectivity index (χ0v) is 13.5. The number of ether oxygens (including phenoxy) is 1. The number of fused-ring (bicyclic) bond motifs is 1. The van der Waals surface area contributed by atoms with Crippen molar-refractivity contribution in [3.8, 4) is 0 Å². The standard InChI is InChI=1S/C15H19F3N2O3/c1-9-5-12(21)20(8-15(16,17)18)11-7-19(6-10(9)11)13(22)23-14(2,3)4/h5H,6-8H2,1-4H3. The first-order valence-electron chi connectivity index (χ1n) is 7.14. The monoisotopic (exact) mass is 332 g/mol. The van der Waals surface area contributed by atoms with Gasteiger partial charge in [0.15, 0.2) is 0 Å². The van der Waals surface area contributed by atoms with Crippen LogP contribution in [0.1, 0.15) is 37.6 Å². The fourth-order valence-electron chi connectivity index (χ4n) is 2.51. The normalized spacial score (nSPS) is 14.8. The molecular weight excluding hydrogens is 313 g/mol. The molecule has 0 atom stereocenters. The number of pyridine rings is 1. The number of aryl methyl sites for hydroxylation is 1. The fourth-order valence-corrected chi connectivity index (χ4v) is 2.51. The Hall–Kier alpha value is -1.99. The van der Waals surface area contributed by atoms with Crippen molar-refractivity contribution in [3.05, 3.63) is 33.2 Å². The van der Waals surface area contributed by atoms with Gasteiger partial charge in [-0.3, -0.25) is 9.69 Å². The van der Waals surface area contributed by atoms with E-state index in [9.17, 15) is 22.8 Å². The molecule has 8 heteroatoms. The third kappa shape index (κ3) is 4.05. The number of rotatable bonds is 1. The molecule has 0 N–H and O–H groups in total. The number of aromatic nitrogens is 1. The molecule has 1 aliphatic heterocycles. The second-order valence-corrected chi connectivity index (χ2v) is 6.63. The van der Waals surface area contributed by atoms with Crippen molar-refractivity contribution in [1.82, 2.24) is 9.47 Å². The van der Waals surface area contributed by atoms with Crippen LogP contribution in [0.5, 0.6) is 0 Å². The van der Waals surface area contributed by atoms with Crippen LogP contribution in [-0.4, -0.2) is 27.3 Å². The Labute approximate surface area is 131 Å². The Balaban J connectivity index is 2.35. The van der Waals surface area contributed by atoms with Crippen LogP contribution in [0.4, 0.5) is 18.0 Å². The molecule has 0 aromatic carbocycles. The maximum Gasteiger partial charge on any atom is 0.410 e. The molecular formula is C15H19F3N2O3. The third-order valence-corrected chi connectivity index (χ3v) is 3.43. The van der Waals surface area contributed by atoms with E-state index in [0.29, 0.717) is 15.7 Å². The Morgan fingerprint density at radius 3 is 2.39 bits per heavy atom. The van der Waals surface area contributed by atoms with Gasteiger partial charge in [0.05, 0.1) is 13.1 Å². The molecule has 0 saturated heterocycles. The average Bonchev–Trinajstić information content (AvgIpc) is 2.76. The van der Waals surface area contributed by atoms with Crippen LogP contribution < -0.4 is 5.56 Å². The average molecular weight is 332 g/mol. The van der Waals surface area contributed by atoms with Crippen LogP contribution >= 0.6 is 0 Å². The van der Waals surface area contributed by atoms with Gasteiger partial charge in [-0.1, -0.05) is 0 Å². The van der Waals surface area contributed by atoms with Crippen molar-refractivity contribution < 1.29 is 22.7 Å². The molecule has 0 bridgehead atoms. The summed E-state index contributed by atoms with van der Waals surface area (Å²) in [5, 5.41) is 0. The predicted molar refractivity (Wildman–Crippen MR) is 77.0 cm³/mol. The summed E-state index contributed by atoms with van der Waals surface area (Å²) in [5.41, 5.74) is -0.0519. The SMILES string of the molecule is Cc1cc(=O)n(CC(F)(F)F)c2c1CN(C(=O)OC(C)(C)C)C2. The van der Waals surface area contributed by atoms with E-state index in [-0.39, 0.29) is 18.8 Å². The fraction of sp³-hybridized carbons (Fsp3) is 0.600. The minimum absolute atomic E-state index is 0.0722. The first-order valence-corrected chi connectivity index (χ1v) is 7.14. The molecule has 0 aliphatic carbocycles. The van der Waals surface area contributed by atoms with Gasteiger partial charge >= 0.3 is 12.3 Å². The molecule has 23 heavy (non-hydrogen) atoms. The molecule has 1 aromatic rings. The van der Waals surface area contributed by atoms with Crippen molar-refractivity contribution in [3.63, 3.8) is 0 Å².